The van der Waals surface area contributed by atoms with Gasteiger partial charge in [-0.2, -0.15) is 13.2 Å². The Labute approximate surface area is 109 Å². The van der Waals surface area contributed by atoms with Gasteiger partial charge in [-0.1, -0.05) is 0 Å². The highest BCUT2D eigenvalue weighted by Crippen LogP contribution is 2.13. The molecule has 0 rings (SSSR count). The predicted octanol–water partition coefficient (Wildman–Crippen LogP) is 0.505. The van der Waals surface area contributed by atoms with E-state index in [2.05, 4.69) is 9.57 Å². The van der Waals surface area contributed by atoms with Gasteiger partial charge in [-0.3, -0.25) is 0 Å². The third-order valence-electron chi connectivity index (χ3n) is 1.73. The Morgan fingerprint density at radius 1 is 0.632 bits per heavy atom. The average Bonchev–Trinajstić information content (AvgIpc) is 2.34. The van der Waals surface area contributed by atoms with Crippen molar-refractivity contribution in [3.05, 3.63) is 0 Å². The fourth-order valence-corrected chi connectivity index (χ4v) is 0.955. The normalized spacial score (nSPS) is 12.0. The molecule has 0 aromatic rings. The number of hydrogen-bond acceptors (Lipinski definition) is 6. The van der Waals surface area contributed by atoms with Crippen LogP contribution in [0.1, 0.15) is 0 Å². The summed E-state index contributed by atoms with van der Waals surface area (Å²) in [4.78, 5) is 4.29. The van der Waals surface area contributed by atoms with Crippen LogP contribution < -0.4 is 5.90 Å². The number of nitrogens with two attached hydrogens (primary N) is 1. The van der Waals surface area contributed by atoms with E-state index in [0.717, 1.165) is 0 Å². The minimum Gasteiger partial charge on any atom is -0.377 e. The molecule has 0 fully saturated rings. The molecule has 6 nitrogen and oxygen atoms in total. The zero-order valence-corrected chi connectivity index (χ0v) is 10.6. The Morgan fingerprint density at radius 3 is 1.37 bits per heavy atom. The van der Waals surface area contributed by atoms with Crippen molar-refractivity contribution >= 4 is 0 Å². The summed E-state index contributed by atoms with van der Waals surface area (Å²) in [5.41, 5.74) is 0. The van der Waals surface area contributed by atoms with Crippen molar-refractivity contribution in [1.29, 1.82) is 0 Å². The molecule has 0 spiro atoms. The first-order chi connectivity index (χ1) is 9.06. The second kappa shape index (κ2) is 12.6. The summed E-state index contributed by atoms with van der Waals surface area (Å²) in [5, 5.41) is 0. The molecule has 0 aromatic carbocycles. The zero-order chi connectivity index (χ0) is 14.4. The molecule has 0 aliphatic heterocycles. The number of ether oxygens (including phenoxy) is 4. The second-order valence-electron chi connectivity index (χ2n) is 3.38. The van der Waals surface area contributed by atoms with Crippen LogP contribution in [0, 0.1) is 0 Å². The summed E-state index contributed by atoms with van der Waals surface area (Å²) in [7, 11) is 0. The Balaban J connectivity index is 2.99. The molecule has 19 heavy (non-hydrogen) atoms. The molecular formula is C10H20F3NO5. The van der Waals surface area contributed by atoms with Gasteiger partial charge in [-0.15, -0.1) is 0 Å². The Morgan fingerprint density at radius 2 is 1.00 bits per heavy atom. The Bertz CT molecular complexity index is 194. The molecule has 2 N–H and O–H groups in total. The monoisotopic (exact) mass is 291 g/mol. The van der Waals surface area contributed by atoms with E-state index in [0.29, 0.717) is 39.6 Å². The number of halogens is 3. The van der Waals surface area contributed by atoms with Gasteiger partial charge in [0.15, 0.2) is 0 Å². The van der Waals surface area contributed by atoms with Gasteiger partial charge >= 0.3 is 6.18 Å². The van der Waals surface area contributed by atoms with Gasteiger partial charge in [0, 0.05) is 0 Å². The highest BCUT2D eigenvalue weighted by atomic mass is 19.4. The van der Waals surface area contributed by atoms with Gasteiger partial charge in [0.2, 0.25) is 0 Å². The van der Waals surface area contributed by atoms with Crippen LogP contribution in [0.2, 0.25) is 0 Å². The number of alkyl halides is 3. The van der Waals surface area contributed by atoms with Crippen molar-refractivity contribution in [2.24, 2.45) is 5.90 Å². The van der Waals surface area contributed by atoms with Crippen LogP contribution in [0.25, 0.3) is 0 Å². The Hall–Kier alpha value is -0.450. The van der Waals surface area contributed by atoms with Crippen molar-refractivity contribution in [2.45, 2.75) is 6.18 Å². The molecule has 116 valence electrons. The molecule has 0 amide bonds. The van der Waals surface area contributed by atoms with Gasteiger partial charge < -0.3 is 23.8 Å². The van der Waals surface area contributed by atoms with E-state index in [1.54, 1.807) is 0 Å². The van der Waals surface area contributed by atoms with Crippen molar-refractivity contribution in [3.63, 3.8) is 0 Å². The Kier molecular flexibility index (Phi) is 12.3. The van der Waals surface area contributed by atoms with Gasteiger partial charge in [0.05, 0.1) is 52.9 Å². The molecule has 0 radical (unpaired) electrons. The highest BCUT2D eigenvalue weighted by Gasteiger charge is 2.27. The average molecular weight is 291 g/mol. The molecule has 0 aliphatic rings. The summed E-state index contributed by atoms with van der Waals surface area (Å²) in [6.45, 7) is 0.921. The summed E-state index contributed by atoms with van der Waals surface area (Å²) in [6, 6.07) is 0. The second-order valence-corrected chi connectivity index (χ2v) is 3.38. The van der Waals surface area contributed by atoms with Crippen molar-refractivity contribution < 1.29 is 37.0 Å². The minimum absolute atomic E-state index is 0.0955. The molecule has 0 saturated heterocycles. The van der Waals surface area contributed by atoms with Gasteiger partial charge in [-0.05, 0) is 0 Å². The lowest BCUT2D eigenvalue weighted by Crippen LogP contribution is -2.19. The van der Waals surface area contributed by atoms with E-state index in [1.807, 2.05) is 0 Å². The fraction of sp³-hybridized carbons (Fsp3) is 1.00. The van der Waals surface area contributed by atoms with E-state index in [9.17, 15) is 13.2 Å². The van der Waals surface area contributed by atoms with Crippen LogP contribution in [0.4, 0.5) is 13.2 Å². The van der Waals surface area contributed by atoms with Crippen molar-refractivity contribution in [2.75, 3.05) is 59.5 Å². The summed E-state index contributed by atoms with van der Waals surface area (Å²) in [5.74, 6) is 4.78. The quantitative estimate of drug-likeness (QED) is 0.394. The molecule has 0 aromatic heterocycles. The fourth-order valence-electron chi connectivity index (χ4n) is 0.955. The molecular weight excluding hydrogens is 271 g/mol. The van der Waals surface area contributed by atoms with E-state index >= 15 is 0 Å². The van der Waals surface area contributed by atoms with Crippen LogP contribution in [-0.2, 0) is 23.8 Å². The molecule has 0 heterocycles. The molecule has 0 unspecified atom stereocenters. The topological polar surface area (TPSA) is 72.2 Å². The lowest BCUT2D eigenvalue weighted by molar-refractivity contribution is -0.176. The summed E-state index contributed by atoms with van der Waals surface area (Å²) in [6.07, 6.45) is -4.29. The first-order valence-electron chi connectivity index (χ1n) is 5.75. The largest absolute Gasteiger partial charge is 0.411 e. The predicted molar refractivity (Wildman–Crippen MR) is 59.5 cm³/mol. The van der Waals surface area contributed by atoms with Gasteiger partial charge in [0.1, 0.15) is 6.61 Å². The molecule has 0 aliphatic carbocycles. The molecule has 0 saturated carbocycles. The smallest absolute Gasteiger partial charge is 0.377 e. The maximum atomic E-state index is 11.7. The third kappa shape index (κ3) is 17.6. The lowest BCUT2D eigenvalue weighted by atomic mass is 10.6. The molecule has 9 heteroatoms. The molecule has 0 atom stereocenters. The van der Waals surface area contributed by atoms with Gasteiger partial charge in [-0.25, -0.2) is 5.90 Å². The standard InChI is InChI=1S/C10H20F3NO5/c11-10(12,13)9-18-6-5-16-2-1-15-3-4-17-7-8-19-14/h1-9,14H2. The third-order valence-corrected chi connectivity index (χ3v) is 1.73. The van der Waals surface area contributed by atoms with Crippen molar-refractivity contribution in [1.82, 2.24) is 0 Å². The maximum absolute atomic E-state index is 11.7. The SMILES string of the molecule is NOCCOCCOCCOCCOCC(F)(F)F. The zero-order valence-electron chi connectivity index (χ0n) is 10.6. The van der Waals surface area contributed by atoms with E-state index in [1.165, 1.54) is 0 Å². The van der Waals surface area contributed by atoms with Crippen LogP contribution in [-0.4, -0.2) is 65.6 Å². The van der Waals surface area contributed by atoms with Crippen LogP contribution in [0.5, 0.6) is 0 Å². The summed E-state index contributed by atoms with van der Waals surface area (Å²) >= 11 is 0. The van der Waals surface area contributed by atoms with E-state index in [-0.39, 0.29) is 13.2 Å². The number of hydrogen-bond donors (Lipinski definition) is 1. The van der Waals surface area contributed by atoms with E-state index < -0.39 is 12.8 Å². The summed E-state index contributed by atoms with van der Waals surface area (Å²) < 4.78 is 54.6. The van der Waals surface area contributed by atoms with Crippen LogP contribution in [0.3, 0.4) is 0 Å². The first kappa shape index (κ1) is 18.6. The number of rotatable bonds is 13. The van der Waals surface area contributed by atoms with Gasteiger partial charge in [0.25, 0.3) is 0 Å². The maximum Gasteiger partial charge on any atom is 0.411 e. The van der Waals surface area contributed by atoms with Crippen LogP contribution in [0.15, 0.2) is 0 Å². The van der Waals surface area contributed by atoms with Crippen molar-refractivity contribution in [3.8, 4) is 0 Å². The van der Waals surface area contributed by atoms with E-state index in [4.69, 9.17) is 20.1 Å². The minimum atomic E-state index is -4.29. The molecule has 0 bridgehead atoms. The highest BCUT2D eigenvalue weighted by molar-refractivity contribution is 4.45. The first-order valence-corrected chi connectivity index (χ1v) is 5.75. The van der Waals surface area contributed by atoms with Crippen LogP contribution >= 0.6 is 0 Å². The lowest BCUT2D eigenvalue weighted by Gasteiger charge is -2.08.